The Labute approximate surface area is 115 Å². The lowest BCUT2D eigenvalue weighted by Gasteiger charge is -2.03. The van der Waals surface area contributed by atoms with Gasteiger partial charge in [-0.1, -0.05) is 12.1 Å². The summed E-state index contributed by atoms with van der Waals surface area (Å²) < 4.78 is 5.25. The van der Waals surface area contributed by atoms with Crippen LogP contribution in [-0.2, 0) is 4.79 Å². The minimum absolute atomic E-state index is 0.0445. The van der Waals surface area contributed by atoms with Crippen molar-refractivity contribution in [3.63, 3.8) is 0 Å². The number of benzene rings is 1. The maximum absolute atomic E-state index is 11.7. The van der Waals surface area contributed by atoms with Crippen molar-refractivity contribution < 1.29 is 19.1 Å². The number of rotatable bonds is 3. The molecule has 2 aromatic rings. The number of hydrogen-bond acceptors (Lipinski definition) is 4. The van der Waals surface area contributed by atoms with Crippen molar-refractivity contribution in [2.45, 2.75) is 6.92 Å². The average molecular weight is 271 g/mol. The van der Waals surface area contributed by atoms with Crippen molar-refractivity contribution in [3.05, 3.63) is 59.6 Å². The summed E-state index contributed by atoms with van der Waals surface area (Å²) in [4.78, 5) is 23.3. The molecule has 102 valence electrons. The van der Waals surface area contributed by atoms with Crippen LogP contribution < -0.4 is 5.32 Å². The van der Waals surface area contributed by atoms with E-state index in [0.717, 1.165) is 5.76 Å². The van der Waals surface area contributed by atoms with Gasteiger partial charge in [0.05, 0.1) is 5.56 Å². The molecule has 0 unspecified atom stereocenters. The number of para-hydroxylation sites is 1. The second kappa shape index (κ2) is 5.88. The quantitative estimate of drug-likeness (QED) is 0.839. The standard InChI is InChI=1S/C15H13NO4/c1-10-6-7-11(20-10)8-9-14(18)16-15(19)12-4-2-3-5-13(12)17/h2-9,17H,1H3,(H,16,18,19)/b9-8+. The zero-order chi connectivity index (χ0) is 14.5. The van der Waals surface area contributed by atoms with Gasteiger partial charge >= 0.3 is 0 Å². The van der Waals surface area contributed by atoms with Crippen molar-refractivity contribution in [2.75, 3.05) is 0 Å². The number of aromatic hydroxyl groups is 1. The molecule has 2 N–H and O–H groups in total. The Morgan fingerprint density at radius 1 is 1.20 bits per heavy atom. The molecule has 20 heavy (non-hydrogen) atoms. The highest BCUT2D eigenvalue weighted by molar-refractivity contribution is 6.10. The first kappa shape index (κ1) is 13.6. The van der Waals surface area contributed by atoms with Gasteiger partial charge in [-0.2, -0.15) is 0 Å². The van der Waals surface area contributed by atoms with Crippen LogP contribution in [0.3, 0.4) is 0 Å². The highest BCUT2D eigenvalue weighted by atomic mass is 16.3. The fourth-order valence-corrected chi connectivity index (χ4v) is 1.59. The van der Waals surface area contributed by atoms with Crippen LogP contribution in [0.15, 0.2) is 46.9 Å². The number of aryl methyl sites for hydroxylation is 1. The van der Waals surface area contributed by atoms with Crippen molar-refractivity contribution >= 4 is 17.9 Å². The lowest BCUT2D eigenvalue weighted by molar-refractivity contribution is -0.115. The van der Waals surface area contributed by atoms with E-state index in [-0.39, 0.29) is 11.3 Å². The highest BCUT2D eigenvalue weighted by Gasteiger charge is 2.11. The predicted octanol–water partition coefficient (Wildman–Crippen LogP) is 2.26. The minimum atomic E-state index is -0.659. The summed E-state index contributed by atoms with van der Waals surface area (Å²) in [7, 11) is 0. The van der Waals surface area contributed by atoms with Crippen LogP contribution in [0.2, 0.25) is 0 Å². The van der Waals surface area contributed by atoms with E-state index in [2.05, 4.69) is 5.32 Å². The second-order valence-electron chi connectivity index (χ2n) is 4.12. The van der Waals surface area contributed by atoms with Crippen LogP contribution in [0, 0.1) is 6.92 Å². The molecular weight excluding hydrogens is 258 g/mol. The van der Waals surface area contributed by atoms with Crippen molar-refractivity contribution in [3.8, 4) is 5.75 Å². The highest BCUT2D eigenvalue weighted by Crippen LogP contribution is 2.15. The lowest BCUT2D eigenvalue weighted by atomic mass is 10.2. The fourth-order valence-electron chi connectivity index (χ4n) is 1.59. The van der Waals surface area contributed by atoms with E-state index in [0.29, 0.717) is 5.76 Å². The second-order valence-corrected chi connectivity index (χ2v) is 4.12. The van der Waals surface area contributed by atoms with E-state index in [1.165, 1.54) is 24.3 Å². The zero-order valence-corrected chi connectivity index (χ0v) is 10.8. The van der Waals surface area contributed by atoms with E-state index >= 15 is 0 Å². The summed E-state index contributed by atoms with van der Waals surface area (Å²) in [6.07, 6.45) is 2.65. The van der Waals surface area contributed by atoms with Gasteiger partial charge in [-0.05, 0) is 37.3 Å². The van der Waals surface area contributed by atoms with E-state index in [1.54, 1.807) is 31.2 Å². The Morgan fingerprint density at radius 3 is 2.60 bits per heavy atom. The largest absolute Gasteiger partial charge is 0.507 e. The smallest absolute Gasteiger partial charge is 0.261 e. The number of hydrogen-bond donors (Lipinski definition) is 2. The molecule has 5 nitrogen and oxygen atoms in total. The molecule has 1 aromatic carbocycles. The van der Waals surface area contributed by atoms with Crippen LogP contribution in [0.25, 0.3) is 6.08 Å². The summed E-state index contributed by atoms with van der Waals surface area (Å²) in [5.41, 5.74) is 0.0445. The Balaban J connectivity index is 2.00. The van der Waals surface area contributed by atoms with E-state index < -0.39 is 11.8 Å². The zero-order valence-electron chi connectivity index (χ0n) is 10.8. The van der Waals surface area contributed by atoms with Crippen molar-refractivity contribution in [1.82, 2.24) is 5.32 Å². The van der Waals surface area contributed by atoms with Gasteiger partial charge in [-0.25, -0.2) is 0 Å². The fraction of sp³-hybridized carbons (Fsp3) is 0.0667. The van der Waals surface area contributed by atoms with Gasteiger partial charge < -0.3 is 9.52 Å². The number of imide groups is 1. The summed E-state index contributed by atoms with van der Waals surface area (Å²) in [6, 6.07) is 9.47. The first-order valence-corrected chi connectivity index (χ1v) is 5.94. The number of amides is 2. The summed E-state index contributed by atoms with van der Waals surface area (Å²) in [6.45, 7) is 1.79. The molecule has 0 bridgehead atoms. The van der Waals surface area contributed by atoms with Crippen LogP contribution in [0.4, 0.5) is 0 Å². The van der Waals surface area contributed by atoms with Gasteiger partial charge in [0.1, 0.15) is 17.3 Å². The molecule has 0 radical (unpaired) electrons. The Kier molecular flexibility index (Phi) is 4.00. The first-order valence-electron chi connectivity index (χ1n) is 5.94. The molecule has 0 aliphatic rings. The summed E-state index contributed by atoms with van der Waals surface area (Å²) in [5.74, 6) is -0.174. The lowest BCUT2D eigenvalue weighted by Crippen LogP contribution is -2.28. The van der Waals surface area contributed by atoms with E-state index in [4.69, 9.17) is 4.42 Å². The molecule has 5 heteroatoms. The molecular formula is C15H13NO4. The van der Waals surface area contributed by atoms with Crippen molar-refractivity contribution in [1.29, 1.82) is 0 Å². The maximum Gasteiger partial charge on any atom is 0.261 e. The third-order valence-electron chi connectivity index (χ3n) is 2.55. The van der Waals surface area contributed by atoms with Gasteiger partial charge in [-0.3, -0.25) is 14.9 Å². The molecule has 0 aliphatic heterocycles. The SMILES string of the molecule is Cc1ccc(/C=C/C(=O)NC(=O)c2ccccc2O)o1. The minimum Gasteiger partial charge on any atom is -0.507 e. The van der Waals surface area contributed by atoms with Gasteiger partial charge in [0.2, 0.25) is 0 Å². The third-order valence-corrected chi connectivity index (χ3v) is 2.55. The van der Waals surface area contributed by atoms with Gasteiger partial charge in [0.15, 0.2) is 0 Å². The average Bonchev–Trinajstić information content (AvgIpc) is 2.82. The number of phenolic OH excluding ortho intramolecular Hbond substituents is 1. The molecule has 2 amide bonds. The Morgan fingerprint density at radius 2 is 1.95 bits per heavy atom. The van der Waals surface area contributed by atoms with Gasteiger partial charge in [0.25, 0.3) is 11.8 Å². The molecule has 0 saturated carbocycles. The van der Waals surface area contributed by atoms with Crippen molar-refractivity contribution in [2.24, 2.45) is 0 Å². The third kappa shape index (κ3) is 3.35. The van der Waals surface area contributed by atoms with Gasteiger partial charge in [0, 0.05) is 6.08 Å². The van der Waals surface area contributed by atoms with Crippen LogP contribution in [-0.4, -0.2) is 16.9 Å². The monoisotopic (exact) mass is 271 g/mol. The molecule has 0 aliphatic carbocycles. The summed E-state index contributed by atoms with van der Waals surface area (Å²) >= 11 is 0. The number of carbonyl (C=O) groups excluding carboxylic acids is 2. The molecule has 0 saturated heterocycles. The summed E-state index contributed by atoms with van der Waals surface area (Å²) in [5, 5.41) is 11.6. The number of nitrogens with one attached hydrogen (secondary N) is 1. The first-order chi connectivity index (χ1) is 9.56. The molecule has 0 fully saturated rings. The van der Waals surface area contributed by atoms with Crippen LogP contribution >= 0.6 is 0 Å². The molecule has 1 aromatic heterocycles. The molecule has 1 heterocycles. The number of phenols is 1. The van der Waals surface area contributed by atoms with Gasteiger partial charge in [-0.15, -0.1) is 0 Å². The molecule has 0 atom stereocenters. The molecule has 2 rings (SSSR count). The maximum atomic E-state index is 11.7. The Hall–Kier alpha value is -2.82. The van der Waals surface area contributed by atoms with E-state index in [1.807, 2.05) is 0 Å². The number of carbonyl (C=O) groups is 2. The van der Waals surface area contributed by atoms with E-state index in [9.17, 15) is 14.7 Å². The molecule has 0 spiro atoms. The van der Waals surface area contributed by atoms with Crippen LogP contribution in [0.1, 0.15) is 21.9 Å². The van der Waals surface area contributed by atoms with Crippen LogP contribution in [0.5, 0.6) is 5.75 Å². The predicted molar refractivity (Wildman–Crippen MR) is 73.1 cm³/mol. The normalized spacial score (nSPS) is 10.7. The Bertz CT molecular complexity index is 670. The topological polar surface area (TPSA) is 79.5 Å². The number of furan rings is 1.